The minimum absolute atomic E-state index is 0.0558. The monoisotopic (exact) mass is 398 g/mol. The van der Waals surface area contributed by atoms with E-state index >= 15 is 0 Å². The lowest BCUT2D eigenvalue weighted by atomic mass is 10.1. The molecule has 1 saturated heterocycles. The summed E-state index contributed by atoms with van der Waals surface area (Å²) in [7, 11) is -2.04. The van der Waals surface area contributed by atoms with Gasteiger partial charge in [0, 0.05) is 25.6 Å². The van der Waals surface area contributed by atoms with Crippen LogP contribution in [0.25, 0.3) is 0 Å². The summed E-state index contributed by atoms with van der Waals surface area (Å²) in [6.07, 6.45) is 0.681. The van der Waals surface area contributed by atoms with E-state index in [4.69, 9.17) is 9.47 Å². The highest BCUT2D eigenvalue weighted by Gasteiger charge is 2.27. The molecule has 1 amide bonds. The van der Waals surface area contributed by atoms with Crippen molar-refractivity contribution in [1.29, 1.82) is 0 Å². The summed E-state index contributed by atoms with van der Waals surface area (Å²) in [5.41, 5.74) is 0.708. The number of nitrogens with one attached hydrogen (secondary N) is 1. The minimum atomic E-state index is -3.58. The van der Waals surface area contributed by atoms with Crippen LogP contribution in [0.15, 0.2) is 23.1 Å². The molecule has 27 heavy (non-hydrogen) atoms. The van der Waals surface area contributed by atoms with Crippen molar-refractivity contribution >= 4 is 15.9 Å². The Bertz CT molecular complexity index is 742. The summed E-state index contributed by atoms with van der Waals surface area (Å²) in [5, 5.41) is 2.96. The van der Waals surface area contributed by atoms with Crippen LogP contribution in [0, 0.1) is 5.92 Å². The van der Waals surface area contributed by atoms with Crippen LogP contribution in [-0.2, 0) is 26.0 Å². The molecule has 1 unspecified atom stereocenters. The van der Waals surface area contributed by atoms with Crippen molar-refractivity contribution in [2.45, 2.75) is 44.6 Å². The van der Waals surface area contributed by atoms with Crippen molar-refractivity contribution in [3.05, 3.63) is 23.8 Å². The molecule has 1 aliphatic heterocycles. The van der Waals surface area contributed by atoms with E-state index in [1.165, 1.54) is 11.4 Å². The second-order valence-corrected chi connectivity index (χ2v) is 9.03. The highest BCUT2D eigenvalue weighted by molar-refractivity contribution is 7.89. The number of benzene rings is 1. The number of carbonyl (C=O) groups excluding carboxylic acids is 1. The Morgan fingerprint density at radius 2 is 1.93 bits per heavy atom. The van der Waals surface area contributed by atoms with Gasteiger partial charge in [-0.2, -0.15) is 4.31 Å². The van der Waals surface area contributed by atoms with E-state index in [0.29, 0.717) is 50.0 Å². The molecule has 7 nitrogen and oxygen atoms in total. The van der Waals surface area contributed by atoms with E-state index in [9.17, 15) is 13.2 Å². The zero-order valence-corrected chi connectivity index (χ0v) is 17.3. The maximum absolute atomic E-state index is 12.8. The van der Waals surface area contributed by atoms with E-state index < -0.39 is 10.0 Å². The van der Waals surface area contributed by atoms with Crippen LogP contribution in [0.5, 0.6) is 5.75 Å². The number of amides is 1. The molecule has 0 aromatic heterocycles. The molecule has 0 spiro atoms. The van der Waals surface area contributed by atoms with Crippen LogP contribution in [-0.4, -0.2) is 58.1 Å². The normalized spacial score (nSPS) is 16.9. The third-order valence-corrected chi connectivity index (χ3v) is 6.76. The molecule has 0 saturated carbocycles. The predicted octanol–water partition coefficient (Wildman–Crippen LogP) is 1.81. The smallest absolute Gasteiger partial charge is 0.243 e. The molecule has 1 atom stereocenters. The molecule has 0 aliphatic carbocycles. The first-order valence-corrected chi connectivity index (χ1v) is 10.7. The van der Waals surface area contributed by atoms with Crippen LogP contribution >= 0.6 is 0 Å². The molecule has 2 rings (SSSR count). The van der Waals surface area contributed by atoms with E-state index in [1.807, 2.05) is 20.8 Å². The summed E-state index contributed by atoms with van der Waals surface area (Å²) in [4.78, 5) is 12.4. The average molecular weight is 399 g/mol. The standard InChI is InChI=1S/C19H30N2O5S/c1-14(2)15(3)20-19(22)8-5-16-13-17(6-7-18(16)25-4)27(23,24)21-9-11-26-12-10-21/h6-7,13-15H,5,8-12H2,1-4H3,(H,20,22). The Labute approximate surface area is 162 Å². The SMILES string of the molecule is COc1ccc(S(=O)(=O)N2CCOCC2)cc1CCC(=O)NC(C)C(C)C. The first kappa shape index (κ1) is 21.7. The molecule has 1 N–H and O–H groups in total. The van der Waals surface area contributed by atoms with E-state index in [-0.39, 0.29) is 23.3 Å². The molecule has 1 fully saturated rings. The van der Waals surface area contributed by atoms with Gasteiger partial charge in [-0.1, -0.05) is 13.8 Å². The summed E-state index contributed by atoms with van der Waals surface area (Å²) in [5.74, 6) is 0.880. The van der Waals surface area contributed by atoms with Gasteiger partial charge >= 0.3 is 0 Å². The highest BCUT2D eigenvalue weighted by atomic mass is 32.2. The molecule has 152 valence electrons. The molecular weight excluding hydrogens is 368 g/mol. The van der Waals surface area contributed by atoms with Crippen molar-refractivity contribution in [2.24, 2.45) is 5.92 Å². The van der Waals surface area contributed by atoms with Crippen LogP contribution < -0.4 is 10.1 Å². The molecule has 8 heteroatoms. The Kier molecular flexibility index (Phi) is 7.64. The van der Waals surface area contributed by atoms with Crippen molar-refractivity contribution in [3.8, 4) is 5.75 Å². The van der Waals surface area contributed by atoms with Gasteiger partial charge in [-0.15, -0.1) is 0 Å². The zero-order valence-electron chi connectivity index (χ0n) is 16.5. The lowest BCUT2D eigenvalue weighted by Gasteiger charge is -2.26. The van der Waals surface area contributed by atoms with Gasteiger partial charge in [0.2, 0.25) is 15.9 Å². The van der Waals surface area contributed by atoms with E-state index in [2.05, 4.69) is 5.32 Å². The van der Waals surface area contributed by atoms with Gasteiger partial charge in [-0.3, -0.25) is 4.79 Å². The van der Waals surface area contributed by atoms with Crippen LogP contribution in [0.3, 0.4) is 0 Å². The zero-order chi connectivity index (χ0) is 20.0. The molecule has 1 aromatic carbocycles. The second-order valence-electron chi connectivity index (χ2n) is 7.09. The van der Waals surface area contributed by atoms with Gasteiger partial charge in [-0.25, -0.2) is 8.42 Å². The number of nitrogens with zero attached hydrogens (tertiary/aromatic N) is 1. The fourth-order valence-electron chi connectivity index (χ4n) is 2.79. The molecular formula is C19H30N2O5S. The number of ether oxygens (including phenoxy) is 2. The van der Waals surface area contributed by atoms with Crippen LogP contribution in [0.1, 0.15) is 32.8 Å². The number of hydrogen-bond donors (Lipinski definition) is 1. The first-order chi connectivity index (χ1) is 12.8. The third kappa shape index (κ3) is 5.67. The number of hydrogen-bond acceptors (Lipinski definition) is 5. The van der Waals surface area contributed by atoms with Gasteiger partial charge in [0.1, 0.15) is 5.75 Å². The van der Waals surface area contributed by atoms with Gasteiger partial charge in [-0.05, 0) is 43.0 Å². The molecule has 0 radical (unpaired) electrons. The number of sulfonamides is 1. The fourth-order valence-corrected chi connectivity index (χ4v) is 4.25. The first-order valence-electron chi connectivity index (χ1n) is 9.30. The Balaban J connectivity index is 2.14. The van der Waals surface area contributed by atoms with Gasteiger partial charge in [0.05, 0.1) is 25.2 Å². The average Bonchev–Trinajstić information content (AvgIpc) is 2.66. The number of methoxy groups -OCH3 is 1. The van der Waals surface area contributed by atoms with Crippen LogP contribution in [0.4, 0.5) is 0 Å². The van der Waals surface area contributed by atoms with Crippen molar-refractivity contribution in [2.75, 3.05) is 33.4 Å². The summed E-state index contributed by atoms with van der Waals surface area (Å²) in [6, 6.07) is 4.90. The summed E-state index contributed by atoms with van der Waals surface area (Å²) in [6.45, 7) is 7.56. The Morgan fingerprint density at radius 1 is 1.26 bits per heavy atom. The molecule has 1 heterocycles. The Morgan fingerprint density at radius 3 is 2.52 bits per heavy atom. The van der Waals surface area contributed by atoms with Crippen molar-refractivity contribution in [1.82, 2.24) is 9.62 Å². The molecule has 1 aliphatic rings. The maximum atomic E-state index is 12.8. The summed E-state index contributed by atoms with van der Waals surface area (Å²) >= 11 is 0. The quantitative estimate of drug-likeness (QED) is 0.722. The number of rotatable bonds is 8. The van der Waals surface area contributed by atoms with Gasteiger partial charge < -0.3 is 14.8 Å². The van der Waals surface area contributed by atoms with Gasteiger partial charge in [0.15, 0.2) is 0 Å². The number of morpholine rings is 1. The second kappa shape index (κ2) is 9.52. The lowest BCUT2D eigenvalue weighted by Crippen LogP contribution is -2.40. The van der Waals surface area contributed by atoms with Crippen molar-refractivity contribution < 1.29 is 22.7 Å². The molecule has 1 aromatic rings. The van der Waals surface area contributed by atoms with E-state index in [0.717, 1.165) is 0 Å². The maximum Gasteiger partial charge on any atom is 0.243 e. The topological polar surface area (TPSA) is 84.9 Å². The number of aryl methyl sites for hydroxylation is 1. The number of carbonyl (C=O) groups is 1. The lowest BCUT2D eigenvalue weighted by molar-refractivity contribution is -0.121. The van der Waals surface area contributed by atoms with E-state index in [1.54, 1.807) is 18.2 Å². The largest absolute Gasteiger partial charge is 0.496 e. The van der Waals surface area contributed by atoms with Crippen molar-refractivity contribution in [3.63, 3.8) is 0 Å². The fraction of sp³-hybridized carbons (Fsp3) is 0.632. The summed E-state index contributed by atoms with van der Waals surface area (Å²) < 4.78 is 37.7. The minimum Gasteiger partial charge on any atom is -0.496 e. The third-order valence-electron chi connectivity index (χ3n) is 4.87. The Hall–Kier alpha value is -1.64. The highest BCUT2D eigenvalue weighted by Crippen LogP contribution is 2.26. The van der Waals surface area contributed by atoms with Gasteiger partial charge in [0.25, 0.3) is 0 Å². The predicted molar refractivity (Wildman–Crippen MR) is 103 cm³/mol. The van der Waals surface area contributed by atoms with Crippen LogP contribution in [0.2, 0.25) is 0 Å². The molecule has 0 bridgehead atoms.